The summed E-state index contributed by atoms with van der Waals surface area (Å²) in [7, 11) is 0. The number of fused-ring (bicyclic) bond motifs is 3. The third kappa shape index (κ3) is 3.89. The Morgan fingerprint density at radius 1 is 0.395 bits per heavy atom. The largest absolute Gasteiger partial charge is 0.235 e. The lowest BCUT2D eigenvalue weighted by Gasteiger charge is -1.97. The monoisotopic (exact) mass is 558 g/mol. The smallest absolute Gasteiger partial charge is 0.134 e. The highest BCUT2D eigenvalue weighted by Gasteiger charge is 2.14. The predicted octanol–water partition coefficient (Wildman–Crippen LogP) is 10.9. The van der Waals surface area contributed by atoms with Crippen molar-refractivity contribution in [1.29, 1.82) is 0 Å². The Bertz CT molecular complexity index is 1860. The SMILES string of the molecule is c1ccc(-c2ccc(-c3nc4cc5cc6sc(-c7ccc(-c8ccccc8)s7)nc6cc5cc4s3)s2)cc1. The van der Waals surface area contributed by atoms with E-state index in [1.165, 1.54) is 50.8 Å². The molecule has 0 spiro atoms. The Hall–Kier alpha value is -3.68. The van der Waals surface area contributed by atoms with Gasteiger partial charge in [0.2, 0.25) is 0 Å². The molecule has 4 aromatic heterocycles. The number of thiazole rings is 2. The zero-order chi connectivity index (χ0) is 25.1. The molecule has 0 fully saturated rings. The second kappa shape index (κ2) is 8.96. The molecule has 0 radical (unpaired) electrons. The zero-order valence-corrected chi connectivity index (χ0v) is 23.2. The van der Waals surface area contributed by atoms with Crippen LogP contribution in [0.1, 0.15) is 0 Å². The summed E-state index contributed by atoms with van der Waals surface area (Å²) in [6, 6.07) is 38.9. The molecule has 0 bridgehead atoms. The molecule has 0 aliphatic rings. The Kier molecular flexibility index (Phi) is 5.26. The molecule has 4 heterocycles. The molecule has 8 aromatic rings. The summed E-state index contributed by atoms with van der Waals surface area (Å²) in [4.78, 5) is 15.0. The lowest BCUT2D eigenvalue weighted by molar-refractivity contribution is 1.50. The van der Waals surface area contributed by atoms with E-state index in [2.05, 4.69) is 109 Å². The highest BCUT2D eigenvalue weighted by molar-refractivity contribution is 7.27. The maximum atomic E-state index is 5.02. The van der Waals surface area contributed by atoms with Gasteiger partial charge in [-0.1, -0.05) is 60.7 Å². The molecule has 2 nitrogen and oxygen atoms in total. The standard InChI is InChI=1S/C32H18N2S4/c1-3-7-19(8-4-1)25-11-13-27(35-25)31-33-23-15-21-18-30-24(16-22(21)17-29(23)37-31)34-32(38-30)28-14-12-26(36-28)20-9-5-2-6-10-20/h1-18H. The minimum atomic E-state index is 1.06. The highest BCUT2D eigenvalue weighted by atomic mass is 32.1. The van der Waals surface area contributed by atoms with Crippen LogP contribution >= 0.6 is 45.3 Å². The van der Waals surface area contributed by atoms with E-state index in [0.717, 1.165) is 21.0 Å². The van der Waals surface area contributed by atoms with Crippen LogP contribution in [0.4, 0.5) is 0 Å². The molecule has 180 valence electrons. The quantitative estimate of drug-likeness (QED) is 0.215. The molecule has 0 amide bonds. The second-order valence-corrected chi connectivity index (χ2v) is 13.3. The van der Waals surface area contributed by atoms with E-state index >= 15 is 0 Å². The fourth-order valence-corrected chi connectivity index (χ4v) is 8.85. The first-order valence-electron chi connectivity index (χ1n) is 12.2. The predicted molar refractivity (Wildman–Crippen MR) is 168 cm³/mol. The van der Waals surface area contributed by atoms with Crippen LogP contribution < -0.4 is 0 Å². The molecular formula is C32H18N2S4. The molecule has 8 rings (SSSR count). The number of rotatable bonds is 4. The number of hydrogen-bond donors (Lipinski definition) is 0. The van der Waals surface area contributed by atoms with Crippen molar-refractivity contribution in [3.05, 3.63) is 109 Å². The Balaban J connectivity index is 1.15. The molecule has 0 atom stereocenters. The van der Waals surface area contributed by atoms with Crippen LogP contribution in [0.2, 0.25) is 0 Å². The van der Waals surface area contributed by atoms with Crippen LogP contribution in [0.25, 0.3) is 71.9 Å². The van der Waals surface area contributed by atoms with Gasteiger partial charge in [0.1, 0.15) is 10.0 Å². The lowest BCUT2D eigenvalue weighted by Crippen LogP contribution is -1.76. The molecule has 0 aliphatic heterocycles. The van der Waals surface area contributed by atoms with Gasteiger partial charge in [0.05, 0.1) is 30.2 Å². The fraction of sp³-hybridized carbons (Fsp3) is 0. The van der Waals surface area contributed by atoms with Gasteiger partial charge in [0, 0.05) is 9.75 Å². The molecular weight excluding hydrogens is 541 g/mol. The van der Waals surface area contributed by atoms with Crippen molar-refractivity contribution in [3.8, 4) is 40.7 Å². The first-order chi connectivity index (χ1) is 18.8. The molecule has 0 saturated heterocycles. The first kappa shape index (κ1) is 22.3. The van der Waals surface area contributed by atoms with Gasteiger partial charge in [-0.2, -0.15) is 0 Å². The van der Waals surface area contributed by atoms with E-state index in [1.54, 1.807) is 45.3 Å². The molecule has 0 N–H and O–H groups in total. The molecule has 4 aromatic carbocycles. The molecule has 38 heavy (non-hydrogen) atoms. The maximum absolute atomic E-state index is 5.02. The number of nitrogens with zero attached hydrogens (tertiary/aromatic N) is 2. The summed E-state index contributed by atoms with van der Waals surface area (Å²) in [5.41, 5.74) is 4.62. The normalized spacial score (nSPS) is 11.7. The minimum Gasteiger partial charge on any atom is -0.235 e. The lowest BCUT2D eigenvalue weighted by atomic mass is 10.1. The molecule has 0 saturated carbocycles. The summed E-state index contributed by atoms with van der Waals surface area (Å²) in [5, 5.41) is 4.59. The average molecular weight is 559 g/mol. The Morgan fingerprint density at radius 2 is 0.816 bits per heavy atom. The summed E-state index contributed by atoms with van der Waals surface area (Å²) in [6.07, 6.45) is 0. The van der Waals surface area contributed by atoms with Gasteiger partial charge in [-0.25, -0.2) is 9.97 Å². The zero-order valence-electron chi connectivity index (χ0n) is 19.9. The van der Waals surface area contributed by atoms with Gasteiger partial charge < -0.3 is 0 Å². The van der Waals surface area contributed by atoms with Crippen LogP contribution in [-0.4, -0.2) is 9.97 Å². The van der Waals surface area contributed by atoms with Crippen LogP contribution in [0, 0.1) is 0 Å². The molecule has 0 unspecified atom stereocenters. The summed E-state index contributed by atoms with van der Waals surface area (Å²) >= 11 is 7.13. The number of aromatic nitrogens is 2. The summed E-state index contributed by atoms with van der Waals surface area (Å²) < 4.78 is 2.42. The van der Waals surface area contributed by atoms with Crippen LogP contribution in [0.5, 0.6) is 0 Å². The van der Waals surface area contributed by atoms with Gasteiger partial charge in [-0.3, -0.25) is 0 Å². The van der Waals surface area contributed by atoms with Crippen molar-refractivity contribution >= 4 is 76.6 Å². The van der Waals surface area contributed by atoms with E-state index in [4.69, 9.17) is 9.97 Å². The van der Waals surface area contributed by atoms with E-state index in [9.17, 15) is 0 Å². The molecule has 0 aliphatic carbocycles. The minimum absolute atomic E-state index is 1.06. The second-order valence-electron chi connectivity index (χ2n) is 9.08. The van der Waals surface area contributed by atoms with E-state index in [1.807, 2.05) is 0 Å². The third-order valence-electron chi connectivity index (χ3n) is 6.60. The van der Waals surface area contributed by atoms with Gasteiger partial charge in [-0.15, -0.1) is 45.3 Å². The van der Waals surface area contributed by atoms with Crippen LogP contribution in [-0.2, 0) is 0 Å². The molecule has 6 heteroatoms. The van der Waals surface area contributed by atoms with Crippen LogP contribution in [0.3, 0.4) is 0 Å². The Labute approximate surface area is 235 Å². The van der Waals surface area contributed by atoms with Crippen molar-refractivity contribution in [2.45, 2.75) is 0 Å². The van der Waals surface area contributed by atoms with E-state index in [0.29, 0.717) is 0 Å². The summed E-state index contributed by atoms with van der Waals surface area (Å²) in [5.74, 6) is 0. The maximum Gasteiger partial charge on any atom is 0.134 e. The fourth-order valence-electron chi connectivity index (χ4n) is 4.73. The summed E-state index contributed by atoms with van der Waals surface area (Å²) in [6.45, 7) is 0. The number of benzene rings is 4. The van der Waals surface area contributed by atoms with E-state index in [-0.39, 0.29) is 0 Å². The van der Waals surface area contributed by atoms with Crippen LogP contribution in [0.15, 0.2) is 109 Å². The number of hydrogen-bond acceptors (Lipinski definition) is 6. The van der Waals surface area contributed by atoms with Crippen molar-refractivity contribution < 1.29 is 0 Å². The highest BCUT2D eigenvalue weighted by Crippen LogP contribution is 2.41. The first-order valence-corrected chi connectivity index (χ1v) is 15.5. The topological polar surface area (TPSA) is 25.8 Å². The number of thiophene rings is 2. The van der Waals surface area contributed by atoms with Crippen molar-refractivity contribution in [3.63, 3.8) is 0 Å². The van der Waals surface area contributed by atoms with E-state index < -0.39 is 0 Å². The van der Waals surface area contributed by atoms with Gasteiger partial charge in [0.15, 0.2) is 0 Å². The van der Waals surface area contributed by atoms with Crippen molar-refractivity contribution in [1.82, 2.24) is 9.97 Å². The van der Waals surface area contributed by atoms with Gasteiger partial charge in [-0.05, 0) is 70.4 Å². The van der Waals surface area contributed by atoms with Crippen molar-refractivity contribution in [2.24, 2.45) is 0 Å². The average Bonchev–Trinajstić information content (AvgIpc) is 3.76. The third-order valence-corrected chi connectivity index (χ3v) is 11.2. The Morgan fingerprint density at radius 3 is 1.26 bits per heavy atom. The van der Waals surface area contributed by atoms with Crippen molar-refractivity contribution in [2.75, 3.05) is 0 Å². The van der Waals surface area contributed by atoms with Gasteiger partial charge >= 0.3 is 0 Å². The van der Waals surface area contributed by atoms with Gasteiger partial charge in [0.25, 0.3) is 0 Å².